The van der Waals surface area contributed by atoms with Crippen molar-refractivity contribution in [2.75, 3.05) is 13.2 Å². The van der Waals surface area contributed by atoms with Crippen LogP contribution in [0.15, 0.2) is 24.3 Å². The molecule has 0 saturated heterocycles. The van der Waals surface area contributed by atoms with E-state index in [-0.39, 0.29) is 0 Å². The van der Waals surface area contributed by atoms with Gasteiger partial charge in [-0.3, -0.25) is 0 Å². The molecule has 4 heteroatoms. The first-order valence-electron chi connectivity index (χ1n) is 5.02. The topological polar surface area (TPSA) is 55.8 Å². The van der Waals surface area contributed by atoms with E-state index in [1.54, 1.807) is 25.2 Å². The Hall–Kier alpha value is -1.13. The van der Waals surface area contributed by atoms with Gasteiger partial charge in [0.15, 0.2) is 0 Å². The molecule has 1 N–H and O–H groups in total. The Morgan fingerprint density at radius 3 is 2.67 bits per heavy atom. The van der Waals surface area contributed by atoms with Gasteiger partial charge in [0.25, 0.3) is 0 Å². The van der Waals surface area contributed by atoms with Crippen molar-refractivity contribution >= 4 is 5.97 Å². The molecule has 0 bridgehead atoms. The van der Waals surface area contributed by atoms with Gasteiger partial charge in [-0.2, -0.15) is 0 Å². The average molecular weight is 212 g/mol. The van der Waals surface area contributed by atoms with Gasteiger partial charge in [-0.25, -0.2) is 4.79 Å². The van der Waals surface area contributed by atoms with Crippen molar-refractivity contribution in [3.05, 3.63) is 24.3 Å². The van der Waals surface area contributed by atoms with Crippen LogP contribution in [-0.2, 0) is 14.3 Å². The van der Waals surface area contributed by atoms with Crippen LogP contribution in [0.4, 0.5) is 0 Å². The predicted octanol–water partition coefficient (Wildman–Crippen LogP) is 1.38. The van der Waals surface area contributed by atoms with Gasteiger partial charge in [0.05, 0.1) is 0 Å². The highest BCUT2D eigenvalue weighted by Gasteiger charge is 2.45. The summed E-state index contributed by atoms with van der Waals surface area (Å²) in [7, 11) is 0. The molecule has 0 radical (unpaired) electrons. The minimum Gasteiger partial charge on any atom is -0.479 e. The minimum atomic E-state index is -1.38. The second kappa shape index (κ2) is 5.09. The van der Waals surface area contributed by atoms with E-state index in [1.165, 1.54) is 6.08 Å². The molecule has 0 aromatic heterocycles. The van der Waals surface area contributed by atoms with E-state index in [4.69, 9.17) is 9.47 Å². The van der Waals surface area contributed by atoms with Gasteiger partial charge in [-0.1, -0.05) is 18.2 Å². The third-order valence-corrected chi connectivity index (χ3v) is 2.23. The quantitative estimate of drug-likeness (QED) is 0.748. The maximum atomic E-state index is 11.3. The Balaban J connectivity index is 2.96. The standard InChI is InChI=1S/C11H16O4/c1-3-14-9-7-5-6-8-11(9,10(12)13)15-4-2/h5-9H,3-4H2,1-2H3,(H,12,13). The van der Waals surface area contributed by atoms with Crippen LogP contribution >= 0.6 is 0 Å². The number of ether oxygens (including phenoxy) is 2. The normalized spacial score (nSPS) is 29.3. The van der Waals surface area contributed by atoms with Crippen LogP contribution in [0.25, 0.3) is 0 Å². The van der Waals surface area contributed by atoms with Gasteiger partial charge in [-0.05, 0) is 19.9 Å². The Labute approximate surface area is 89.2 Å². The van der Waals surface area contributed by atoms with Crippen molar-refractivity contribution < 1.29 is 19.4 Å². The van der Waals surface area contributed by atoms with E-state index in [2.05, 4.69) is 0 Å². The number of aliphatic carboxylic acids is 1. The summed E-state index contributed by atoms with van der Waals surface area (Å²) in [5.74, 6) is -1.02. The molecule has 0 aromatic carbocycles. The lowest BCUT2D eigenvalue weighted by Gasteiger charge is -2.33. The van der Waals surface area contributed by atoms with Crippen LogP contribution in [0.5, 0.6) is 0 Å². The Bertz CT molecular complexity index is 282. The van der Waals surface area contributed by atoms with Gasteiger partial charge >= 0.3 is 5.97 Å². The summed E-state index contributed by atoms with van der Waals surface area (Å²) in [5.41, 5.74) is -1.38. The maximum absolute atomic E-state index is 11.3. The number of carboxylic acid groups (broad SMARTS) is 1. The molecular weight excluding hydrogens is 196 g/mol. The van der Waals surface area contributed by atoms with Crippen molar-refractivity contribution in [1.82, 2.24) is 0 Å². The molecule has 4 nitrogen and oxygen atoms in total. The van der Waals surface area contributed by atoms with E-state index in [0.717, 1.165) is 0 Å². The summed E-state index contributed by atoms with van der Waals surface area (Å²) in [5, 5.41) is 9.23. The first-order valence-corrected chi connectivity index (χ1v) is 5.02. The lowest BCUT2D eigenvalue weighted by molar-refractivity contribution is -0.172. The van der Waals surface area contributed by atoms with Gasteiger partial charge in [-0.15, -0.1) is 0 Å². The third kappa shape index (κ3) is 2.27. The van der Waals surface area contributed by atoms with Crippen LogP contribution in [0, 0.1) is 0 Å². The molecule has 0 spiro atoms. The first kappa shape index (κ1) is 11.9. The lowest BCUT2D eigenvalue weighted by atomic mass is 9.92. The predicted molar refractivity (Wildman–Crippen MR) is 55.7 cm³/mol. The molecule has 1 rings (SSSR count). The van der Waals surface area contributed by atoms with Crippen LogP contribution in [0.1, 0.15) is 13.8 Å². The van der Waals surface area contributed by atoms with Crippen molar-refractivity contribution in [3.63, 3.8) is 0 Å². The minimum absolute atomic E-state index is 0.327. The van der Waals surface area contributed by atoms with Crippen LogP contribution in [0.3, 0.4) is 0 Å². The second-order valence-corrected chi connectivity index (χ2v) is 3.15. The summed E-state index contributed by atoms with van der Waals surface area (Å²) in [6.07, 6.45) is 6.09. The highest BCUT2D eigenvalue weighted by atomic mass is 16.6. The van der Waals surface area contributed by atoms with Crippen molar-refractivity contribution in [1.29, 1.82) is 0 Å². The molecule has 84 valence electrons. The molecular formula is C11H16O4. The largest absolute Gasteiger partial charge is 0.479 e. The summed E-state index contributed by atoms with van der Waals surface area (Å²) in [4.78, 5) is 11.3. The molecule has 1 aliphatic carbocycles. The summed E-state index contributed by atoms with van der Waals surface area (Å²) >= 11 is 0. The lowest BCUT2D eigenvalue weighted by Crippen LogP contribution is -2.51. The molecule has 0 aliphatic heterocycles. The average Bonchev–Trinajstić information content (AvgIpc) is 2.21. The Kier molecular flexibility index (Phi) is 4.05. The highest BCUT2D eigenvalue weighted by Crippen LogP contribution is 2.26. The van der Waals surface area contributed by atoms with Gasteiger partial charge < -0.3 is 14.6 Å². The molecule has 0 fully saturated rings. The van der Waals surface area contributed by atoms with Gasteiger partial charge in [0, 0.05) is 13.2 Å². The first-order chi connectivity index (χ1) is 7.17. The molecule has 2 atom stereocenters. The zero-order chi connectivity index (χ0) is 11.3. The van der Waals surface area contributed by atoms with Gasteiger partial charge in [0.1, 0.15) is 6.10 Å². The number of carbonyl (C=O) groups is 1. The number of hydrogen-bond acceptors (Lipinski definition) is 3. The Morgan fingerprint density at radius 2 is 2.13 bits per heavy atom. The number of allylic oxidation sites excluding steroid dienone is 2. The molecule has 0 heterocycles. The highest BCUT2D eigenvalue weighted by molar-refractivity contribution is 5.82. The number of hydrogen-bond donors (Lipinski definition) is 1. The summed E-state index contributed by atoms with van der Waals surface area (Å²) < 4.78 is 10.7. The zero-order valence-electron chi connectivity index (χ0n) is 8.97. The van der Waals surface area contributed by atoms with E-state index in [1.807, 2.05) is 6.92 Å². The fourth-order valence-corrected chi connectivity index (χ4v) is 1.58. The monoisotopic (exact) mass is 212 g/mol. The van der Waals surface area contributed by atoms with E-state index in [9.17, 15) is 9.90 Å². The number of rotatable bonds is 5. The maximum Gasteiger partial charge on any atom is 0.343 e. The summed E-state index contributed by atoms with van der Waals surface area (Å²) in [6, 6.07) is 0. The van der Waals surface area contributed by atoms with Crippen molar-refractivity contribution in [2.24, 2.45) is 0 Å². The van der Waals surface area contributed by atoms with E-state index < -0.39 is 17.7 Å². The van der Waals surface area contributed by atoms with Crippen LogP contribution in [-0.4, -0.2) is 36.0 Å². The molecule has 2 unspecified atom stereocenters. The van der Waals surface area contributed by atoms with E-state index >= 15 is 0 Å². The van der Waals surface area contributed by atoms with E-state index in [0.29, 0.717) is 13.2 Å². The summed E-state index contributed by atoms with van der Waals surface area (Å²) in [6.45, 7) is 4.36. The Morgan fingerprint density at radius 1 is 1.40 bits per heavy atom. The fourth-order valence-electron chi connectivity index (χ4n) is 1.58. The SMILES string of the molecule is CCOC1C=CC=CC1(OCC)C(=O)O. The van der Waals surface area contributed by atoms with Crippen LogP contribution < -0.4 is 0 Å². The second-order valence-electron chi connectivity index (χ2n) is 3.15. The molecule has 0 saturated carbocycles. The zero-order valence-corrected chi connectivity index (χ0v) is 8.97. The van der Waals surface area contributed by atoms with Crippen molar-refractivity contribution in [3.8, 4) is 0 Å². The van der Waals surface area contributed by atoms with Gasteiger partial charge in [0.2, 0.25) is 5.60 Å². The molecule has 15 heavy (non-hydrogen) atoms. The number of carboxylic acids is 1. The third-order valence-electron chi connectivity index (χ3n) is 2.23. The fraction of sp³-hybridized carbons (Fsp3) is 0.545. The van der Waals surface area contributed by atoms with Crippen LogP contribution in [0.2, 0.25) is 0 Å². The smallest absolute Gasteiger partial charge is 0.343 e. The molecule has 0 aromatic rings. The molecule has 1 aliphatic rings. The molecule has 0 amide bonds. The van der Waals surface area contributed by atoms with Crippen molar-refractivity contribution in [2.45, 2.75) is 25.6 Å².